The van der Waals surface area contributed by atoms with E-state index in [4.69, 9.17) is 10.7 Å². The van der Waals surface area contributed by atoms with Crippen molar-refractivity contribution in [3.63, 3.8) is 0 Å². The molecule has 0 saturated heterocycles. The van der Waals surface area contributed by atoms with E-state index in [0.717, 1.165) is 28.2 Å². The first kappa shape index (κ1) is 14.2. The van der Waals surface area contributed by atoms with Gasteiger partial charge in [0.2, 0.25) is 5.91 Å². The average Bonchev–Trinajstić information content (AvgIpc) is 3.02. The van der Waals surface area contributed by atoms with Gasteiger partial charge in [-0.05, 0) is 24.3 Å². The van der Waals surface area contributed by atoms with Crippen molar-refractivity contribution in [1.29, 1.82) is 0 Å². The molecule has 1 amide bonds. The van der Waals surface area contributed by atoms with Crippen molar-refractivity contribution >= 4 is 11.6 Å². The second-order valence-corrected chi connectivity index (χ2v) is 5.55. The molecule has 0 fully saturated rings. The summed E-state index contributed by atoms with van der Waals surface area (Å²) in [5.41, 5.74) is 10.7. The first-order valence-corrected chi connectivity index (χ1v) is 7.67. The highest BCUT2D eigenvalue weighted by Gasteiger charge is 2.15. The van der Waals surface area contributed by atoms with E-state index in [1.165, 1.54) is 0 Å². The number of aromatic nitrogens is 2. The van der Waals surface area contributed by atoms with Gasteiger partial charge in [-0.1, -0.05) is 48.5 Å². The predicted molar refractivity (Wildman–Crippen MR) is 94.6 cm³/mol. The summed E-state index contributed by atoms with van der Waals surface area (Å²) in [5, 5.41) is 0. The van der Waals surface area contributed by atoms with Crippen molar-refractivity contribution in [1.82, 2.24) is 9.38 Å². The topological polar surface area (TPSA) is 60.4 Å². The number of imidazole rings is 1. The monoisotopic (exact) mass is 313 g/mol. The first-order chi connectivity index (χ1) is 11.7. The highest BCUT2D eigenvalue weighted by atomic mass is 16.1. The number of hydrogen-bond acceptors (Lipinski definition) is 2. The van der Waals surface area contributed by atoms with Gasteiger partial charge in [0.05, 0.1) is 11.4 Å². The number of nitrogens with zero attached hydrogens (tertiary/aromatic N) is 2. The molecule has 0 spiro atoms. The van der Waals surface area contributed by atoms with Crippen molar-refractivity contribution in [2.24, 2.45) is 5.73 Å². The minimum atomic E-state index is -0.428. The minimum Gasteiger partial charge on any atom is -0.366 e. The Balaban J connectivity index is 1.97. The van der Waals surface area contributed by atoms with Gasteiger partial charge >= 0.3 is 0 Å². The van der Waals surface area contributed by atoms with Gasteiger partial charge in [-0.3, -0.25) is 9.20 Å². The number of benzene rings is 2. The van der Waals surface area contributed by atoms with Gasteiger partial charge in [0, 0.05) is 22.9 Å². The number of fused-ring (bicyclic) bond motifs is 1. The first-order valence-electron chi connectivity index (χ1n) is 7.67. The molecule has 0 aliphatic rings. The molecule has 0 saturated carbocycles. The lowest BCUT2D eigenvalue weighted by molar-refractivity contribution is 0.100. The van der Waals surface area contributed by atoms with Crippen LogP contribution in [-0.2, 0) is 0 Å². The molecule has 2 aromatic heterocycles. The van der Waals surface area contributed by atoms with Gasteiger partial charge in [0.1, 0.15) is 5.65 Å². The Morgan fingerprint density at radius 2 is 1.54 bits per heavy atom. The van der Waals surface area contributed by atoms with Crippen molar-refractivity contribution in [3.05, 3.63) is 84.6 Å². The Morgan fingerprint density at radius 1 is 0.833 bits per heavy atom. The van der Waals surface area contributed by atoms with Crippen molar-refractivity contribution in [2.75, 3.05) is 0 Å². The summed E-state index contributed by atoms with van der Waals surface area (Å²) in [6, 6.07) is 23.3. The van der Waals surface area contributed by atoms with E-state index < -0.39 is 5.91 Å². The fourth-order valence-electron chi connectivity index (χ4n) is 2.86. The Labute approximate surface area is 139 Å². The molecular weight excluding hydrogens is 298 g/mol. The maximum absolute atomic E-state index is 11.3. The van der Waals surface area contributed by atoms with E-state index in [9.17, 15) is 4.79 Å². The van der Waals surface area contributed by atoms with Gasteiger partial charge in [0.25, 0.3) is 0 Å². The van der Waals surface area contributed by atoms with Crippen LogP contribution < -0.4 is 5.73 Å². The second kappa shape index (κ2) is 5.66. The number of amides is 1. The van der Waals surface area contributed by atoms with Crippen LogP contribution in [0.1, 0.15) is 10.4 Å². The predicted octanol–water partition coefficient (Wildman–Crippen LogP) is 3.77. The molecule has 116 valence electrons. The average molecular weight is 313 g/mol. The Kier molecular flexibility index (Phi) is 3.35. The quantitative estimate of drug-likeness (QED) is 0.626. The maximum atomic E-state index is 11.3. The number of primary amides is 1. The van der Waals surface area contributed by atoms with Crippen molar-refractivity contribution in [3.8, 4) is 22.5 Å². The summed E-state index contributed by atoms with van der Waals surface area (Å²) in [5.74, 6) is -0.428. The van der Waals surface area contributed by atoms with Gasteiger partial charge in [-0.2, -0.15) is 0 Å². The number of rotatable bonds is 3. The molecule has 2 heterocycles. The van der Waals surface area contributed by atoms with Crippen LogP contribution in [0, 0.1) is 0 Å². The molecule has 4 nitrogen and oxygen atoms in total. The third-order valence-corrected chi connectivity index (χ3v) is 4.02. The molecule has 4 aromatic rings. The second-order valence-electron chi connectivity index (χ2n) is 5.55. The third-order valence-electron chi connectivity index (χ3n) is 4.02. The van der Waals surface area contributed by atoms with Crippen LogP contribution >= 0.6 is 0 Å². The summed E-state index contributed by atoms with van der Waals surface area (Å²) < 4.78 is 2.06. The molecule has 2 N–H and O–H groups in total. The molecule has 0 radical (unpaired) electrons. The van der Waals surface area contributed by atoms with Crippen LogP contribution in [0.15, 0.2) is 79.0 Å². The largest absolute Gasteiger partial charge is 0.366 e. The summed E-state index contributed by atoms with van der Waals surface area (Å²) >= 11 is 0. The van der Waals surface area contributed by atoms with E-state index in [0.29, 0.717) is 5.56 Å². The number of hydrogen-bond donors (Lipinski definition) is 1. The molecule has 4 rings (SSSR count). The Hall–Kier alpha value is -3.40. The number of carbonyl (C=O) groups excluding carboxylic acids is 1. The smallest absolute Gasteiger partial charge is 0.248 e. The lowest BCUT2D eigenvalue weighted by Gasteiger charge is -2.06. The van der Waals surface area contributed by atoms with Crippen LogP contribution in [-0.4, -0.2) is 15.3 Å². The third kappa shape index (κ3) is 2.34. The summed E-state index contributed by atoms with van der Waals surface area (Å²) in [6.45, 7) is 0. The minimum absolute atomic E-state index is 0.428. The van der Waals surface area contributed by atoms with Crippen LogP contribution in [0.5, 0.6) is 0 Å². The van der Waals surface area contributed by atoms with Gasteiger partial charge in [0.15, 0.2) is 0 Å². The van der Waals surface area contributed by atoms with E-state index >= 15 is 0 Å². The van der Waals surface area contributed by atoms with Crippen molar-refractivity contribution in [2.45, 2.75) is 0 Å². The van der Waals surface area contributed by atoms with E-state index in [1.54, 1.807) is 12.1 Å². The number of nitrogens with two attached hydrogens (primary N) is 1. The highest BCUT2D eigenvalue weighted by molar-refractivity contribution is 5.93. The molecule has 4 heteroatoms. The zero-order valence-corrected chi connectivity index (χ0v) is 12.9. The SMILES string of the molecule is NC(=O)c1ccc(-c2c(-c3ccccc3)nc3ccccn23)cc1. The Morgan fingerprint density at radius 3 is 2.25 bits per heavy atom. The van der Waals surface area contributed by atoms with Gasteiger partial charge in [-0.25, -0.2) is 4.98 Å². The van der Waals surface area contributed by atoms with E-state index in [1.807, 2.05) is 66.9 Å². The fourth-order valence-corrected chi connectivity index (χ4v) is 2.86. The van der Waals surface area contributed by atoms with Crippen LogP contribution in [0.4, 0.5) is 0 Å². The molecule has 24 heavy (non-hydrogen) atoms. The lowest BCUT2D eigenvalue weighted by Crippen LogP contribution is -2.10. The van der Waals surface area contributed by atoms with Gasteiger partial charge in [-0.15, -0.1) is 0 Å². The molecule has 0 aliphatic carbocycles. The van der Waals surface area contributed by atoms with Crippen LogP contribution in [0.25, 0.3) is 28.2 Å². The molecule has 0 bridgehead atoms. The number of pyridine rings is 1. The lowest BCUT2D eigenvalue weighted by atomic mass is 10.0. The Bertz CT molecular complexity index is 1020. The zero-order chi connectivity index (χ0) is 16.5. The summed E-state index contributed by atoms with van der Waals surface area (Å²) in [7, 11) is 0. The standard InChI is InChI=1S/C20H15N3O/c21-20(24)16-11-9-15(10-12-16)19-18(14-6-2-1-3-7-14)22-17-8-4-5-13-23(17)19/h1-13H,(H2,21,24). The van der Waals surface area contributed by atoms with Crippen LogP contribution in [0.3, 0.4) is 0 Å². The van der Waals surface area contributed by atoms with Crippen LogP contribution in [0.2, 0.25) is 0 Å². The fraction of sp³-hybridized carbons (Fsp3) is 0. The van der Waals surface area contributed by atoms with Crippen molar-refractivity contribution < 1.29 is 4.79 Å². The summed E-state index contributed by atoms with van der Waals surface area (Å²) in [6.07, 6.45) is 1.99. The molecule has 0 aliphatic heterocycles. The zero-order valence-electron chi connectivity index (χ0n) is 12.9. The summed E-state index contributed by atoms with van der Waals surface area (Å²) in [4.78, 5) is 16.1. The highest BCUT2D eigenvalue weighted by Crippen LogP contribution is 2.32. The van der Waals surface area contributed by atoms with E-state index in [-0.39, 0.29) is 0 Å². The van der Waals surface area contributed by atoms with Gasteiger partial charge < -0.3 is 5.73 Å². The molecular formula is C20H15N3O. The molecule has 0 atom stereocenters. The van der Waals surface area contributed by atoms with E-state index in [2.05, 4.69) is 4.40 Å². The molecule has 0 unspecified atom stereocenters. The molecule has 2 aromatic carbocycles. The maximum Gasteiger partial charge on any atom is 0.248 e. The number of carbonyl (C=O) groups is 1. The normalized spacial score (nSPS) is 10.8.